The molecule has 0 aliphatic heterocycles. The number of aryl methyl sites for hydroxylation is 8. The molecule has 0 aromatic heterocycles. The topological polar surface area (TPSA) is 13.0 Å². The van der Waals surface area contributed by atoms with Crippen molar-refractivity contribution in [1.29, 1.82) is 0 Å². The van der Waals surface area contributed by atoms with Crippen LogP contribution in [0.25, 0.3) is 59.7 Å². The molecule has 0 atom stereocenters. The maximum Gasteiger partial charge on any atom is 0.0464 e. The Hall–Kier alpha value is -13.5. The highest BCUT2D eigenvalue weighted by atomic mass is 15.2. The first kappa shape index (κ1) is 73.4. The third kappa shape index (κ3) is 19.0. The molecule has 536 valence electrons. The average Bonchev–Trinajstić information content (AvgIpc) is 0.818. The van der Waals surface area contributed by atoms with Crippen molar-refractivity contribution in [3.8, 4) is 11.1 Å². The summed E-state index contributed by atoms with van der Waals surface area (Å²) < 4.78 is 0. The molecule has 0 N–H and O–H groups in total. The molecule has 0 saturated heterocycles. The molecule has 0 unspecified atom stereocenters. The first-order chi connectivity index (χ1) is 53.7. The van der Waals surface area contributed by atoms with Crippen LogP contribution in [0.15, 0.2) is 364 Å². The molecular weight excluding hydrogens is 1330 g/mol. The Morgan fingerprint density at radius 3 is 0.400 bits per heavy atom. The van der Waals surface area contributed by atoms with Gasteiger partial charge in [-0.15, -0.1) is 0 Å². The van der Waals surface area contributed by atoms with Crippen molar-refractivity contribution >= 4 is 117 Å². The molecule has 0 heterocycles. The third-order valence-electron chi connectivity index (χ3n) is 19.6. The van der Waals surface area contributed by atoms with Crippen LogP contribution in [0.1, 0.15) is 89.0 Å². The minimum atomic E-state index is 1.13. The zero-order valence-corrected chi connectivity index (χ0v) is 64.0. The summed E-state index contributed by atoms with van der Waals surface area (Å²) in [5.41, 5.74) is 35.4. The Labute approximate surface area is 651 Å². The lowest BCUT2D eigenvalue weighted by Crippen LogP contribution is -2.10. The molecule has 0 amide bonds. The minimum Gasteiger partial charge on any atom is -0.310 e. The summed E-state index contributed by atoms with van der Waals surface area (Å²) in [7, 11) is 0. The van der Waals surface area contributed by atoms with Gasteiger partial charge < -0.3 is 19.6 Å². The van der Waals surface area contributed by atoms with Gasteiger partial charge in [0.1, 0.15) is 0 Å². The van der Waals surface area contributed by atoms with E-state index < -0.39 is 0 Å². The molecule has 15 rings (SSSR count). The van der Waals surface area contributed by atoms with Gasteiger partial charge >= 0.3 is 0 Å². The number of anilines is 12. The lowest BCUT2D eigenvalue weighted by atomic mass is 10.0. The number of hydrogen-bond donors (Lipinski definition) is 0. The summed E-state index contributed by atoms with van der Waals surface area (Å²) in [6.45, 7) is 17.1. The van der Waals surface area contributed by atoms with Crippen molar-refractivity contribution in [3.63, 3.8) is 0 Å². The van der Waals surface area contributed by atoms with E-state index in [9.17, 15) is 0 Å². The van der Waals surface area contributed by atoms with E-state index in [1.165, 1.54) is 77.9 Å². The Morgan fingerprint density at radius 1 is 0.136 bits per heavy atom. The third-order valence-corrected chi connectivity index (χ3v) is 19.6. The highest BCUT2D eigenvalue weighted by Crippen LogP contribution is 2.41. The second kappa shape index (κ2) is 34.8. The molecular formula is C106H92N4. The summed E-state index contributed by atoms with van der Waals surface area (Å²) in [5.74, 6) is 0. The smallest absolute Gasteiger partial charge is 0.0464 e. The fourth-order valence-electron chi connectivity index (χ4n) is 13.9. The summed E-state index contributed by atoms with van der Waals surface area (Å²) >= 11 is 0. The Balaban J connectivity index is 0.000000184. The molecule has 110 heavy (non-hydrogen) atoms. The van der Waals surface area contributed by atoms with Crippen molar-refractivity contribution < 1.29 is 0 Å². The van der Waals surface area contributed by atoms with Gasteiger partial charge in [0.25, 0.3) is 0 Å². The molecule has 4 heteroatoms. The van der Waals surface area contributed by atoms with Gasteiger partial charge in [-0.25, -0.2) is 0 Å². The first-order valence-corrected chi connectivity index (χ1v) is 37.9. The number of nitrogens with zero attached hydrogens (tertiary/aromatic N) is 4. The molecule has 0 aliphatic carbocycles. The predicted octanol–water partition coefficient (Wildman–Crippen LogP) is 30.1. The summed E-state index contributed by atoms with van der Waals surface area (Å²) in [6.07, 6.45) is 17.4. The van der Waals surface area contributed by atoms with Crippen LogP contribution in [-0.4, -0.2) is 0 Å². The summed E-state index contributed by atoms with van der Waals surface area (Å²) in [6, 6.07) is 131. The van der Waals surface area contributed by atoms with Gasteiger partial charge in [-0.3, -0.25) is 0 Å². The van der Waals surface area contributed by atoms with Crippen LogP contribution in [0.2, 0.25) is 0 Å². The predicted molar refractivity (Wildman–Crippen MR) is 476 cm³/mol. The normalized spacial score (nSPS) is 11.3. The molecule has 0 saturated carbocycles. The molecule has 0 aliphatic rings. The highest BCUT2D eigenvalue weighted by molar-refractivity contribution is 5.85. The van der Waals surface area contributed by atoms with Crippen LogP contribution in [0.5, 0.6) is 0 Å². The number of benzene rings is 15. The fraction of sp³-hybridized carbons (Fsp3) is 0.0755. The van der Waals surface area contributed by atoms with Gasteiger partial charge in [0.15, 0.2) is 0 Å². The van der Waals surface area contributed by atoms with Gasteiger partial charge in [0.05, 0.1) is 0 Å². The van der Waals surface area contributed by atoms with E-state index in [4.69, 9.17) is 0 Å². The Bertz CT molecular complexity index is 5190. The van der Waals surface area contributed by atoms with E-state index in [-0.39, 0.29) is 0 Å². The Kier molecular flexibility index (Phi) is 23.2. The fourth-order valence-corrected chi connectivity index (χ4v) is 13.9. The van der Waals surface area contributed by atoms with Gasteiger partial charge in [-0.05, 0) is 301 Å². The van der Waals surface area contributed by atoms with E-state index >= 15 is 0 Å². The van der Waals surface area contributed by atoms with Crippen molar-refractivity contribution in [1.82, 2.24) is 0 Å². The zero-order valence-electron chi connectivity index (χ0n) is 64.0. The van der Waals surface area contributed by atoms with Gasteiger partial charge in [0.2, 0.25) is 0 Å². The quantitative estimate of drug-likeness (QED) is 0.0665. The molecule has 15 aromatic carbocycles. The maximum atomic E-state index is 2.32. The van der Waals surface area contributed by atoms with E-state index in [2.05, 4.69) is 488 Å². The van der Waals surface area contributed by atoms with E-state index in [1.54, 1.807) is 0 Å². The van der Waals surface area contributed by atoms with Crippen molar-refractivity contribution in [3.05, 3.63) is 453 Å². The lowest BCUT2D eigenvalue weighted by molar-refractivity contribution is 1.26. The molecule has 15 aromatic rings. The van der Waals surface area contributed by atoms with Crippen LogP contribution in [-0.2, 0) is 0 Å². The lowest BCUT2D eigenvalue weighted by Gasteiger charge is -2.26. The van der Waals surface area contributed by atoms with Crippen LogP contribution in [0.4, 0.5) is 68.2 Å². The largest absolute Gasteiger partial charge is 0.310 e. The average molecular weight is 1420 g/mol. The monoisotopic (exact) mass is 1420 g/mol. The molecule has 0 radical (unpaired) electrons. The second-order valence-electron chi connectivity index (χ2n) is 28.7. The first-order valence-electron chi connectivity index (χ1n) is 37.9. The second-order valence-corrected chi connectivity index (χ2v) is 28.7. The van der Waals surface area contributed by atoms with Gasteiger partial charge in [-0.2, -0.15) is 0 Å². The Morgan fingerprint density at radius 2 is 0.264 bits per heavy atom. The molecule has 0 fully saturated rings. The zero-order chi connectivity index (χ0) is 75.7. The standard InChI is InChI=1S/C56H48N2.C50H44N2/c1-41-9-5-13-53(37-41)57(54-14-6-10-42(2)38-54)51-33-25-47(26-34-51)19-17-45-21-29-49(30-22-45)50-31-23-46(24-32-50)18-20-48-27-35-52(36-28-48)58(55-15-7-11-43(3)39-55)56-16-8-12-44(4)40-56;1-37-9-5-13-47(33-37)51(48-14-6-10-38(2)34-48)45-29-25-43(26-30-45)23-21-41-17-19-42(20-18-41)22-24-44-27-31-46(32-28-44)52(49-15-7-11-39(3)35-49)50-16-8-12-40(4)36-50/h5-40H,1-4H3;5-36H,1-4H3/b;23-21+,24-22+. The minimum absolute atomic E-state index is 1.13. The van der Waals surface area contributed by atoms with E-state index in [0.717, 1.165) is 90.5 Å². The maximum absolute atomic E-state index is 2.32. The molecule has 0 spiro atoms. The van der Waals surface area contributed by atoms with Crippen LogP contribution < -0.4 is 19.6 Å². The molecule has 4 nitrogen and oxygen atoms in total. The SMILES string of the molecule is Cc1cccc(N(c2ccc(/C=C/c3ccc(/C=C/c4ccc(N(c5cccc(C)c5)c5cccc(C)c5)cc4)cc3)cc2)c2cccc(C)c2)c1.Cc1cccc(N(c2ccc(C=Cc3ccc(-c4ccc(C=Cc5ccc(N(c6cccc(C)c6)c6cccc(C)c6)cc5)cc4)cc3)cc2)c2cccc(C)c2)c1. The van der Waals surface area contributed by atoms with E-state index in [0.29, 0.717) is 0 Å². The van der Waals surface area contributed by atoms with Crippen molar-refractivity contribution in [2.24, 2.45) is 0 Å². The van der Waals surface area contributed by atoms with Gasteiger partial charge in [0, 0.05) is 68.2 Å². The molecule has 0 bridgehead atoms. The number of hydrogen-bond acceptors (Lipinski definition) is 4. The highest BCUT2D eigenvalue weighted by Gasteiger charge is 2.18. The van der Waals surface area contributed by atoms with Crippen molar-refractivity contribution in [2.45, 2.75) is 55.4 Å². The van der Waals surface area contributed by atoms with Crippen LogP contribution in [0, 0.1) is 55.4 Å². The van der Waals surface area contributed by atoms with Gasteiger partial charge in [-0.1, -0.05) is 267 Å². The van der Waals surface area contributed by atoms with Crippen LogP contribution in [0.3, 0.4) is 0 Å². The van der Waals surface area contributed by atoms with E-state index in [1.807, 2.05) is 0 Å². The van der Waals surface area contributed by atoms with Crippen LogP contribution >= 0.6 is 0 Å². The number of rotatable bonds is 21. The summed E-state index contributed by atoms with van der Waals surface area (Å²) in [5, 5.41) is 0. The summed E-state index contributed by atoms with van der Waals surface area (Å²) in [4.78, 5) is 9.28. The van der Waals surface area contributed by atoms with Crippen molar-refractivity contribution in [2.75, 3.05) is 19.6 Å².